The molecule has 0 fully saturated rings. The number of hydrogen-bond donors (Lipinski definition) is 2. The van der Waals surface area contributed by atoms with Crippen molar-refractivity contribution in [2.75, 3.05) is 5.32 Å². The molecule has 0 aromatic carbocycles. The van der Waals surface area contributed by atoms with E-state index in [-0.39, 0.29) is 12.4 Å². The van der Waals surface area contributed by atoms with E-state index in [4.69, 9.17) is 0 Å². The summed E-state index contributed by atoms with van der Waals surface area (Å²) in [6.07, 6.45) is -1.59. The number of aromatic amines is 1. The maximum atomic E-state index is 12.3. The van der Waals surface area contributed by atoms with Gasteiger partial charge in [-0.1, -0.05) is 0 Å². The lowest BCUT2D eigenvalue weighted by atomic mass is 10.2. The van der Waals surface area contributed by atoms with Gasteiger partial charge in [0.25, 0.3) is 5.82 Å². The quantitative estimate of drug-likeness (QED) is 0.897. The summed E-state index contributed by atoms with van der Waals surface area (Å²) < 4.78 is 37.0. The summed E-state index contributed by atoms with van der Waals surface area (Å²) in [6, 6.07) is 1.87. The van der Waals surface area contributed by atoms with Gasteiger partial charge < -0.3 is 5.32 Å². The number of fused-ring (bicyclic) bond motifs is 1. The molecule has 20 heavy (non-hydrogen) atoms. The van der Waals surface area contributed by atoms with Gasteiger partial charge in [-0.25, -0.2) is 4.98 Å². The van der Waals surface area contributed by atoms with Gasteiger partial charge in [-0.15, -0.1) is 10.2 Å². The summed E-state index contributed by atoms with van der Waals surface area (Å²) in [6.45, 7) is 0.0799. The SMILES string of the molecule is FC(F)(F)c1n[nH]c(CNc2cc3c(nn2)CCC3)n1. The molecule has 2 aromatic heterocycles. The van der Waals surface area contributed by atoms with E-state index >= 15 is 0 Å². The van der Waals surface area contributed by atoms with Crippen LogP contribution in [0.1, 0.15) is 29.3 Å². The van der Waals surface area contributed by atoms with E-state index in [1.54, 1.807) is 0 Å². The highest BCUT2D eigenvalue weighted by molar-refractivity contribution is 5.39. The van der Waals surface area contributed by atoms with Crippen LogP contribution in [0, 0.1) is 0 Å². The molecule has 0 saturated carbocycles. The third-order valence-electron chi connectivity index (χ3n) is 3.04. The van der Waals surface area contributed by atoms with E-state index in [0.29, 0.717) is 5.82 Å². The predicted molar refractivity (Wildman–Crippen MR) is 62.8 cm³/mol. The van der Waals surface area contributed by atoms with E-state index in [9.17, 15) is 13.2 Å². The number of nitrogens with one attached hydrogen (secondary N) is 2. The molecule has 0 atom stereocenters. The van der Waals surface area contributed by atoms with Crippen LogP contribution in [-0.2, 0) is 25.6 Å². The number of anilines is 1. The normalized spacial score (nSPS) is 14.3. The number of halogens is 3. The Morgan fingerprint density at radius 1 is 1.25 bits per heavy atom. The molecule has 2 heterocycles. The zero-order chi connectivity index (χ0) is 14.2. The minimum atomic E-state index is -4.54. The third-order valence-corrected chi connectivity index (χ3v) is 3.04. The zero-order valence-electron chi connectivity index (χ0n) is 10.3. The summed E-state index contributed by atoms with van der Waals surface area (Å²) in [5, 5.41) is 16.3. The van der Waals surface area contributed by atoms with E-state index in [2.05, 4.69) is 30.7 Å². The average molecular weight is 284 g/mol. The molecule has 1 aliphatic rings. The largest absolute Gasteiger partial charge is 0.453 e. The molecular formula is C11H11F3N6. The molecule has 0 unspecified atom stereocenters. The summed E-state index contributed by atoms with van der Waals surface area (Å²) >= 11 is 0. The first-order valence-corrected chi connectivity index (χ1v) is 6.10. The number of aromatic nitrogens is 5. The first kappa shape index (κ1) is 12.8. The second-order valence-electron chi connectivity index (χ2n) is 4.51. The summed E-state index contributed by atoms with van der Waals surface area (Å²) in [5.41, 5.74) is 2.13. The third kappa shape index (κ3) is 2.56. The molecule has 0 radical (unpaired) electrons. The fourth-order valence-electron chi connectivity index (χ4n) is 2.09. The van der Waals surface area contributed by atoms with Gasteiger partial charge in [0.05, 0.1) is 12.2 Å². The molecule has 2 N–H and O–H groups in total. The Morgan fingerprint density at radius 3 is 2.85 bits per heavy atom. The summed E-state index contributed by atoms with van der Waals surface area (Å²) in [5.74, 6) is -0.551. The molecule has 0 aliphatic heterocycles. The van der Waals surface area contributed by atoms with Gasteiger partial charge in [0.2, 0.25) is 0 Å². The van der Waals surface area contributed by atoms with Gasteiger partial charge in [-0.2, -0.15) is 18.3 Å². The molecule has 3 rings (SSSR count). The van der Waals surface area contributed by atoms with Crippen LogP contribution in [-0.4, -0.2) is 25.4 Å². The Balaban J connectivity index is 1.66. The molecule has 0 saturated heterocycles. The molecule has 9 heteroatoms. The Hall–Kier alpha value is -2.19. The van der Waals surface area contributed by atoms with Crippen LogP contribution < -0.4 is 5.32 Å². The highest BCUT2D eigenvalue weighted by Gasteiger charge is 2.35. The topological polar surface area (TPSA) is 79.4 Å². The van der Waals surface area contributed by atoms with Crippen molar-refractivity contribution in [3.8, 4) is 0 Å². The van der Waals surface area contributed by atoms with Crippen LogP contribution >= 0.6 is 0 Å². The average Bonchev–Trinajstić information content (AvgIpc) is 3.04. The highest BCUT2D eigenvalue weighted by atomic mass is 19.4. The molecular weight excluding hydrogens is 273 g/mol. The zero-order valence-corrected chi connectivity index (χ0v) is 10.3. The highest BCUT2D eigenvalue weighted by Crippen LogP contribution is 2.25. The number of alkyl halides is 3. The number of H-pyrrole nitrogens is 1. The number of rotatable bonds is 3. The Morgan fingerprint density at radius 2 is 2.10 bits per heavy atom. The molecule has 0 amide bonds. The molecule has 0 spiro atoms. The lowest BCUT2D eigenvalue weighted by Gasteiger charge is -2.04. The molecule has 106 valence electrons. The van der Waals surface area contributed by atoms with E-state index in [0.717, 1.165) is 30.5 Å². The van der Waals surface area contributed by atoms with Crippen LogP contribution in [0.25, 0.3) is 0 Å². The first-order valence-electron chi connectivity index (χ1n) is 6.10. The molecule has 0 bridgehead atoms. The van der Waals surface area contributed by atoms with E-state index in [1.165, 1.54) is 0 Å². The lowest BCUT2D eigenvalue weighted by molar-refractivity contribution is -0.144. The van der Waals surface area contributed by atoms with Crippen molar-refractivity contribution < 1.29 is 13.2 Å². The van der Waals surface area contributed by atoms with Crippen molar-refractivity contribution in [1.29, 1.82) is 0 Å². The van der Waals surface area contributed by atoms with Crippen LogP contribution in [0.15, 0.2) is 6.07 Å². The van der Waals surface area contributed by atoms with Crippen LogP contribution in [0.5, 0.6) is 0 Å². The van der Waals surface area contributed by atoms with Gasteiger partial charge in [-0.05, 0) is 30.9 Å². The predicted octanol–water partition coefficient (Wildman–Crippen LogP) is 1.71. The van der Waals surface area contributed by atoms with Crippen molar-refractivity contribution >= 4 is 5.82 Å². The minimum absolute atomic E-state index is 0.0799. The summed E-state index contributed by atoms with van der Waals surface area (Å²) in [7, 11) is 0. The van der Waals surface area contributed by atoms with E-state index < -0.39 is 12.0 Å². The standard InChI is InChI=1S/C11H11F3N6/c12-11(13,14)10-16-9(19-20-10)5-15-8-4-6-2-1-3-7(6)17-18-8/h4H,1-3,5H2,(H,15,18)(H,16,19,20). The molecule has 6 nitrogen and oxygen atoms in total. The van der Waals surface area contributed by atoms with Gasteiger partial charge in [0, 0.05) is 0 Å². The van der Waals surface area contributed by atoms with Gasteiger partial charge in [-0.3, -0.25) is 5.10 Å². The second-order valence-corrected chi connectivity index (χ2v) is 4.51. The van der Waals surface area contributed by atoms with E-state index in [1.807, 2.05) is 6.07 Å². The first-order chi connectivity index (χ1) is 9.52. The Bertz CT molecular complexity index is 621. The fourth-order valence-corrected chi connectivity index (χ4v) is 2.09. The van der Waals surface area contributed by atoms with Gasteiger partial charge in [0.15, 0.2) is 0 Å². The van der Waals surface area contributed by atoms with Crippen LogP contribution in [0.2, 0.25) is 0 Å². The van der Waals surface area contributed by atoms with Crippen molar-refractivity contribution in [2.24, 2.45) is 0 Å². The van der Waals surface area contributed by atoms with Crippen molar-refractivity contribution in [3.63, 3.8) is 0 Å². The smallest absolute Gasteiger partial charge is 0.361 e. The molecule has 2 aromatic rings. The Labute approximate surface area is 111 Å². The fraction of sp³-hybridized carbons (Fsp3) is 0.455. The van der Waals surface area contributed by atoms with Crippen molar-refractivity contribution in [3.05, 3.63) is 29.0 Å². The number of nitrogens with zero attached hydrogens (tertiary/aromatic N) is 4. The van der Waals surface area contributed by atoms with Gasteiger partial charge in [0.1, 0.15) is 11.6 Å². The monoisotopic (exact) mass is 284 g/mol. The lowest BCUT2D eigenvalue weighted by Crippen LogP contribution is -2.08. The van der Waals surface area contributed by atoms with Gasteiger partial charge >= 0.3 is 6.18 Å². The minimum Gasteiger partial charge on any atom is -0.361 e. The van der Waals surface area contributed by atoms with Crippen LogP contribution in [0.3, 0.4) is 0 Å². The number of hydrogen-bond acceptors (Lipinski definition) is 5. The van der Waals surface area contributed by atoms with Crippen LogP contribution in [0.4, 0.5) is 19.0 Å². The molecule has 1 aliphatic carbocycles. The number of aryl methyl sites for hydroxylation is 2. The second kappa shape index (κ2) is 4.73. The maximum Gasteiger partial charge on any atom is 0.453 e. The van der Waals surface area contributed by atoms with Crippen molar-refractivity contribution in [1.82, 2.24) is 25.4 Å². The van der Waals surface area contributed by atoms with Crippen molar-refractivity contribution in [2.45, 2.75) is 32.0 Å². The maximum absolute atomic E-state index is 12.3. The Kier molecular flexibility index (Phi) is 3.03. The summed E-state index contributed by atoms with van der Waals surface area (Å²) in [4.78, 5) is 3.37.